The molecular weight excluding hydrogens is 324 g/mol. The van der Waals surface area contributed by atoms with E-state index in [1.54, 1.807) is 49.3 Å². The molecule has 3 heterocycles. The van der Waals surface area contributed by atoms with Crippen molar-refractivity contribution in [1.29, 1.82) is 0 Å². The van der Waals surface area contributed by atoms with Crippen LogP contribution < -0.4 is 5.69 Å². The maximum atomic E-state index is 11.9. The van der Waals surface area contributed by atoms with Crippen molar-refractivity contribution in [3.63, 3.8) is 0 Å². The van der Waals surface area contributed by atoms with E-state index in [9.17, 15) is 4.79 Å². The van der Waals surface area contributed by atoms with E-state index >= 15 is 0 Å². The number of nitrogens with zero attached hydrogens (tertiary/aromatic N) is 4. The number of hydrogen-bond donors (Lipinski definition) is 0. The predicted octanol–water partition coefficient (Wildman–Crippen LogP) is 2.38. The number of imidazole rings is 1. The van der Waals surface area contributed by atoms with E-state index in [-0.39, 0.29) is 5.69 Å². The van der Waals surface area contributed by atoms with Crippen molar-refractivity contribution in [2.45, 2.75) is 0 Å². The Labute approximate surface area is 122 Å². The van der Waals surface area contributed by atoms with Crippen LogP contribution in [0.2, 0.25) is 0 Å². The molecule has 102 valence electrons. The average Bonchev–Trinajstić information content (AvgIpc) is 2.95. The molecule has 6 nitrogen and oxygen atoms in total. The van der Waals surface area contributed by atoms with E-state index in [4.69, 9.17) is 4.42 Å². The summed E-state index contributed by atoms with van der Waals surface area (Å²) in [5.41, 5.74) is 1.38. The van der Waals surface area contributed by atoms with Crippen LogP contribution in [-0.2, 0) is 14.1 Å². The van der Waals surface area contributed by atoms with E-state index in [2.05, 4.69) is 25.9 Å². The predicted molar refractivity (Wildman–Crippen MR) is 79.6 cm³/mol. The molecule has 0 aliphatic carbocycles. The van der Waals surface area contributed by atoms with Gasteiger partial charge in [-0.2, -0.15) is 0 Å². The van der Waals surface area contributed by atoms with Gasteiger partial charge < -0.3 is 4.42 Å². The molecule has 0 unspecified atom stereocenters. The van der Waals surface area contributed by atoms with Crippen molar-refractivity contribution >= 4 is 39.0 Å². The summed E-state index contributed by atoms with van der Waals surface area (Å²) in [6, 6.07) is 5.37. The number of hydrogen-bond acceptors (Lipinski definition) is 4. The van der Waals surface area contributed by atoms with Crippen molar-refractivity contribution in [3.8, 4) is 0 Å². The van der Waals surface area contributed by atoms with Gasteiger partial charge in [-0.25, -0.2) is 14.8 Å². The monoisotopic (exact) mass is 334 g/mol. The van der Waals surface area contributed by atoms with Crippen LogP contribution >= 0.6 is 15.9 Å². The summed E-state index contributed by atoms with van der Waals surface area (Å²) in [5.74, 6) is 1.09. The minimum absolute atomic E-state index is 0.106. The minimum Gasteiger partial charge on any atom is -0.448 e. The Hall–Kier alpha value is -2.15. The van der Waals surface area contributed by atoms with Gasteiger partial charge in [0, 0.05) is 20.3 Å². The normalized spacial score (nSPS) is 11.8. The summed E-state index contributed by atoms with van der Waals surface area (Å²) in [5, 5.41) is 0. The van der Waals surface area contributed by atoms with Gasteiger partial charge in [-0.1, -0.05) is 0 Å². The number of aryl methyl sites for hydroxylation is 2. The fraction of sp³-hybridized carbons (Fsp3) is 0.154. The smallest absolute Gasteiger partial charge is 0.328 e. The van der Waals surface area contributed by atoms with E-state index in [0.717, 1.165) is 5.52 Å². The number of aliphatic imine (C=N–C) groups is 1. The van der Waals surface area contributed by atoms with Gasteiger partial charge in [0.1, 0.15) is 11.3 Å². The maximum absolute atomic E-state index is 11.9. The number of aromatic nitrogens is 3. The number of furan rings is 1. The molecule has 0 saturated heterocycles. The zero-order chi connectivity index (χ0) is 14.3. The lowest BCUT2D eigenvalue weighted by Crippen LogP contribution is -2.19. The fourth-order valence-electron chi connectivity index (χ4n) is 2.07. The first kappa shape index (κ1) is 12.9. The van der Waals surface area contributed by atoms with Crippen LogP contribution in [0.25, 0.3) is 11.0 Å². The van der Waals surface area contributed by atoms with Crippen LogP contribution in [0.1, 0.15) is 5.76 Å². The number of halogens is 1. The van der Waals surface area contributed by atoms with E-state index in [1.165, 1.54) is 4.57 Å². The lowest BCUT2D eigenvalue weighted by atomic mass is 10.3. The first-order chi connectivity index (χ1) is 9.58. The van der Waals surface area contributed by atoms with Crippen molar-refractivity contribution in [2.24, 2.45) is 19.1 Å². The molecule has 3 aromatic rings. The van der Waals surface area contributed by atoms with E-state index in [0.29, 0.717) is 21.8 Å². The molecule has 0 aliphatic rings. The van der Waals surface area contributed by atoms with Gasteiger partial charge in [0.2, 0.25) is 0 Å². The van der Waals surface area contributed by atoms with Crippen molar-refractivity contribution in [2.75, 3.05) is 0 Å². The zero-order valence-corrected chi connectivity index (χ0v) is 12.5. The summed E-state index contributed by atoms with van der Waals surface area (Å²) >= 11 is 3.23. The second-order valence-electron chi connectivity index (χ2n) is 4.30. The first-order valence-corrected chi connectivity index (χ1v) is 6.67. The molecule has 0 saturated carbocycles. The van der Waals surface area contributed by atoms with Crippen LogP contribution in [0, 0.1) is 0 Å². The van der Waals surface area contributed by atoms with Gasteiger partial charge >= 0.3 is 5.69 Å². The maximum Gasteiger partial charge on any atom is 0.328 e. The topological polar surface area (TPSA) is 65.3 Å². The molecule has 0 N–H and O–H groups in total. The Morgan fingerprint density at radius 1 is 1.30 bits per heavy atom. The minimum atomic E-state index is -0.106. The Kier molecular flexibility index (Phi) is 3.06. The first-order valence-electron chi connectivity index (χ1n) is 5.88. The third-order valence-corrected chi connectivity index (χ3v) is 3.49. The van der Waals surface area contributed by atoms with Gasteiger partial charge in [-0.3, -0.25) is 9.13 Å². The summed E-state index contributed by atoms with van der Waals surface area (Å²) in [4.78, 5) is 20.5. The molecule has 0 amide bonds. The zero-order valence-electron chi connectivity index (χ0n) is 10.9. The van der Waals surface area contributed by atoms with E-state index < -0.39 is 0 Å². The third kappa shape index (κ3) is 2.00. The standard InChI is InChI=1S/C13H11BrN4O2/c1-17-9-5-6-15-12(11(9)18(2)13(17)19)16-7-8-3-4-10(14)20-8/h3-7H,1-2H3. The van der Waals surface area contributed by atoms with Crippen LogP contribution in [0.15, 0.2) is 43.3 Å². The molecular formula is C13H11BrN4O2. The Bertz CT molecular complexity index is 872. The highest BCUT2D eigenvalue weighted by Gasteiger charge is 2.11. The van der Waals surface area contributed by atoms with Crippen LogP contribution in [-0.4, -0.2) is 20.3 Å². The second-order valence-corrected chi connectivity index (χ2v) is 5.08. The van der Waals surface area contributed by atoms with Gasteiger partial charge in [-0.05, 0) is 34.1 Å². The van der Waals surface area contributed by atoms with Gasteiger partial charge in [0.05, 0.1) is 11.7 Å². The Morgan fingerprint density at radius 3 is 2.80 bits per heavy atom. The summed E-state index contributed by atoms with van der Waals surface area (Å²) in [7, 11) is 3.43. The summed E-state index contributed by atoms with van der Waals surface area (Å²) < 4.78 is 9.08. The number of fused-ring (bicyclic) bond motifs is 1. The molecule has 3 rings (SSSR count). The molecule has 0 fully saturated rings. The lowest BCUT2D eigenvalue weighted by Gasteiger charge is -1.98. The Morgan fingerprint density at radius 2 is 2.10 bits per heavy atom. The number of rotatable bonds is 2. The van der Waals surface area contributed by atoms with Crippen LogP contribution in [0.3, 0.4) is 0 Å². The molecule has 0 radical (unpaired) electrons. The molecule has 0 aliphatic heterocycles. The highest BCUT2D eigenvalue weighted by molar-refractivity contribution is 9.10. The largest absolute Gasteiger partial charge is 0.448 e. The highest BCUT2D eigenvalue weighted by Crippen LogP contribution is 2.22. The van der Waals surface area contributed by atoms with Gasteiger partial charge in [0.15, 0.2) is 10.5 Å². The fourth-order valence-corrected chi connectivity index (χ4v) is 2.39. The quantitative estimate of drug-likeness (QED) is 0.676. The molecule has 3 aromatic heterocycles. The van der Waals surface area contributed by atoms with Crippen molar-refractivity contribution in [1.82, 2.24) is 14.1 Å². The van der Waals surface area contributed by atoms with Crippen molar-refractivity contribution < 1.29 is 4.42 Å². The van der Waals surface area contributed by atoms with Gasteiger partial charge in [0.25, 0.3) is 0 Å². The van der Waals surface area contributed by atoms with Crippen LogP contribution in [0.4, 0.5) is 5.82 Å². The summed E-state index contributed by atoms with van der Waals surface area (Å²) in [6.07, 6.45) is 3.20. The highest BCUT2D eigenvalue weighted by atomic mass is 79.9. The molecule has 0 aromatic carbocycles. The Balaban J connectivity index is 2.15. The average molecular weight is 335 g/mol. The molecule has 0 atom stereocenters. The third-order valence-electron chi connectivity index (χ3n) is 3.06. The lowest BCUT2D eigenvalue weighted by molar-refractivity contribution is 0.535. The molecule has 7 heteroatoms. The van der Waals surface area contributed by atoms with Crippen molar-refractivity contribution in [3.05, 3.63) is 45.3 Å². The second kappa shape index (κ2) is 4.75. The molecule has 20 heavy (non-hydrogen) atoms. The summed E-state index contributed by atoms with van der Waals surface area (Å²) in [6.45, 7) is 0. The van der Waals surface area contributed by atoms with Gasteiger partial charge in [-0.15, -0.1) is 0 Å². The molecule has 0 bridgehead atoms. The number of pyridine rings is 1. The van der Waals surface area contributed by atoms with E-state index in [1.807, 2.05) is 0 Å². The van der Waals surface area contributed by atoms with Crippen LogP contribution in [0.5, 0.6) is 0 Å². The SMILES string of the molecule is Cn1c(=O)n(C)c2c(N=Cc3ccc(Br)o3)nccc21. The molecule has 0 spiro atoms.